The SMILES string of the molecule is CCCC(CCC)C(=O)Cc1ccc(OC)cc1. The van der Waals surface area contributed by atoms with Crippen molar-refractivity contribution in [2.75, 3.05) is 7.11 Å². The first-order valence-corrected chi connectivity index (χ1v) is 6.86. The molecule has 0 unspecified atom stereocenters. The fourth-order valence-corrected chi connectivity index (χ4v) is 2.25. The average molecular weight is 248 g/mol. The number of hydrogen-bond acceptors (Lipinski definition) is 2. The molecule has 0 spiro atoms. The highest BCUT2D eigenvalue weighted by molar-refractivity contribution is 5.83. The molecule has 0 aromatic heterocycles. The first kappa shape index (κ1) is 14.7. The predicted molar refractivity (Wildman–Crippen MR) is 75.0 cm³/mol. The molecule has 0 aliphatic rings. The molecular weight excluding hydrogens is 224 g/mol. The first-order valence-electron chi connectivity index (χ1n) is 6.86. The number of ether oxygens (including phenoxy) is 1. The predicted octanol–water partition coefficient (Wildman–Crippen LogP) is 4.02. The summed E-state index contributed by atoms with van der Waals surface area (Å²) in [6.45, 7) is 4.28. The number of benzene rings is 1. The Morgan fingerprint density at radius 2 is 1.67 bits per heavy atom. The summed E-state index contributed by atoms with van der Waals surface area (Å²) in [5.74, 6) is 1.45. The second kappa shape index (κ2) is 7.91. The molecule has 0 heterocycles. The van der Waals surface area contributed by atoms with Gasteiger partial charge in [-0.25, -0.2) is 0 Å². The highest BCUT2D eigenvalue weighted by Crippen LogP contribution is 2.18. The zero-order chi connectivity index (χ0) is 13.4. The lowest BCUT2D eigenvalue weighted by molar-refractivity contribution is -0.122. The van der Waals surface area contributed by atoms with Gasteiger partial charge in [0.05, 0.1) is 7.11 Å². The smallest absolute Gasteiger partial charge is 0.140 e. The number of hydrogen-bond donors (Lipinski definition) is 0. The van der Waals surface area contributed by atoms with E-state index in [1.807, 2.05) is 24.3 Å². The fourth-order valence-electron chi connectivity index (χ4n) is 2.25. The first-order chi connectivity index (χ1) is 8.71. The Kier molecular flexibility index (Phi) is 6.48. The third-order valence-electron chi connectivity index (χ3n) is 3.27. The van der Waals surface area contributed by atoms with Crippen LogP contribution in [0.4, 0.5) is 0 Å². The van der Waals surface area contributed by atoms with Crippen LogP contribution >= 0.6 is 0 Å². The van der Waals surface area contributed by atoms with Gasteiger partial charge in [0.2, 0.25) is 0 Å². The summed E-state index contributed by atoms with van der Waals surface area (Å²) in [4.78, 5) is 12.2. The average Bonchev–Trinajstić information content (AvgIpc) is 2.39. The maximum Gasteiger partial charge on any atom is 0.140 e. The van der Waals surface area contributed by atoms with Crippen molar-refractivity contribution >= 4 is 5.78 Å². The second-order valence-corrected chi connectivity index (χ2v) is 4.77. The van der Waals surface area contributed by atoms with Gasteiger partial charge in [0.15, 0.2) is 0 Å². The lowest BCUT2D eigenvalue weighted by Crippen LogP contribution is -2.16. The van der Waals surface area contributed by atoms with Crippen molar-refractivity contribution in [3.63, 3.8) is 0 Å². The maximum absolute atomic E-state index is 12.2. The van der Waals surface area contributed by atoms with E-state index < -0.39 is 0 Å². The van der Waals surface area contributed by atoms with E-state index in [9.17, 15) is 4.79 Å². The van der Waals surface area contributed by atoms with E-state index in [2.05, 4.69) is 13.8 Å². The van der Waals surface area contributed by atoms with E-state index in [1.54, 1.807) is 7.11 Å². The third-order valence-corrected chi connectivity index (χ3v) is 3.27. The van der Waals surface area contributed by atoms with Crippen molar-refractivity contribution in [3.05, 3.63) is 29.8 Å². The van der Waals surface area contributed by atoms with Crippen LogP contribution in [0.5, 0.6) is 5.75 Å². The van der Waals surface area contributed by atoms with Gasteiger partial charge in [0.1, 0.15) is 11.5 Å². The summed E-state index contributed by atoms with van der Waals surface area (Å²) < 4.78 is 5.11. The van der Waals surface area contributed by atoms with Gasteiger partial charge in [-0.2, -0.15) is 0 Å². The zero-order valence-corrected chi connectivity index (χ0v) is 11.7. The summed E-state index contributed by atoms with van der Waals surface area (Å²) >= 11 is 0. The van der Waals surface area contributed by atoms with E-state index >= 15 is 0 Å². The van der Waals surface area contributed by atoms with Gasteiger partial charge in [-0.3, -0.25) is 4.79 Å². The van der Waals surface area contributed by atoms with Crippen molar-refractivity contribution in [2.24, 2.45) is 5.92 Å². The van der Waals surface area contributed by atoms with Crippen molar-refractivity contribution < 1.29 is 9.53 Å². The molecular formula is C16H24O2. The summed E-state index contributed by atoms with van der Waals surface area (Å²) in [7, 11) is 1.65. The molecule has 100 valence electrons. The van der Waals surface area contributed by atoms with Gasteiger partial charge in [-0.15, -0.1) is 0 Å². The summed E-state index contributed by atoms with van der Waals surface area (Å²) in [6.07, 6.45) is 4.75. The van der Waals surface area contributed by atoms with E-state index in [1.165, 1.54) is 0 Å². The van der Waals surface area contributed by atoms with E-state index in [-0.39, 0.29) is 5.92 Å². The minimum atomic E-state index is 0.238. The van der Waals surface area contributed by atoms with Gasteiger partial charge in [-0.05, 0) is 30.5 Å². The van der Waals surface area contributed by atoms with Crippen molar-refractivity contribution in [2.45, 2.75) is 46.0 Å². The van der Waals surface area contributed by atoms with Crippen LogP contribution in [0.15, 0.2) is 24.3 Å². The summed E-state index contributed by atoms with van der Waals surface area (Å²) in [5.41, 5.74) is 1.08. The Balaban J connectivity index is 2.60. The number of Topliss-reactive ketones (excluding diaryl/α,β-unsaturated/α-hetero) is 1. The molecule has 0 bridgehead atoms. The van der Waals surface area contributed by atoms with E-state index in [0.717, 1.165) is 37.0 Å². The quantitative estimate of drug-likeness (QED) is 0.694. The normalized spacial score (nSPS) is 10.7. The fraction of sp³-hybridized carbons (Fsp3) is 0.562. The van der Waals surface area contributed by atoms with Crippen molar-refractivity contribution in [1.29, 1.82) is 0 Å². The molecule has 1 aromatic carbocycles. The molecule has 0 fully saturated rings. The van der Waals surface area contributed by atoms with Crippen LogP contribution in [0.1, 0.15) is 45.1 Å². The Hall–Kier alpha value is -1.31. The summed E-state index contributed by atoms with van der Waals surface area (Å²) in [6, 6.07) is 7.78. The maximum atomic E-state index is 12.2. The van der Waals surface area contributed by atoms with Gasteiger partial charge in [0, 0.05) is 12.3 Å². The summed E-state index contributed by atoms with van der Waals surface area (Å²) in [5, 5.41) is 0. The number of carbonyl (C=O) groups excluding carboxylic acids is 1. The molecule has 0 amide bonds. The molecule has 18 heavy (non-hydrogen) atoms. The molecule has 0 N–H and O–H groups in total. The molecule has 2 heteroatoms. The molecule has 0 atom stereocenters. The second-order valence-electron chi connectivity index (χ2n) is 4.77. The monoisotopic (exact) mass is 248 g/mol. The van der Waals surface area contributed by atoms with Crippen LogP contribution in [0, 0.1) is 5.92 Å². The van der Waals surface area contributed by atoms with E-state index in [0.29, 0.717) is 12.2 Å². The van der Waals surface area contributed by atoms with Crippen molar-refractivity contribution in [3.8, 4) is 5.75 Å². The molecule has 0 saturated carbocycles. The van der Waals surface area contributed by atoms with Crippen LogP contribution in [0.2, 0.25) is 0 Å². The molecule has 2 nitrogen and oxygen atoms in total. The number of rotatable bonds is 8. The van der Waals surface area contributed by atoms with Gasteiger partial charge < -0.3 is 4.74 Å². The molecule has 0 aliphatic heterocycles. The highest BCUT2D eigenvalue weighted by Gasteiger charge is 2.16. The van der Waals surface area contributed by atoms with Crippen LogP contribution in [-0.2, 0) is 11.2 Å². The Morgan fingerprint density at radius 1 is 1.11 bits per heavy atom. The Labute approximate surface area is 110 Å². The van der Waals surface area contributed by atoms with Crippen LogP contribution in [-0.4, -0.2) is 12.9 Å². The Bertz CT molecular complexity index is 348. The molecule has 0 saturated heterocycles. The third kappa shape index (κ3) is 4.52. The van der Waals surface area contributed by atoms with Crippen molar-refractivity contribution in [1.82, 2.24) is 0 Å². The number of carbonyl (C=O) groups is 1. The van der Waals surface area contributed by atoms with Gasteiger partial charge in [0.25, 0.3) is 0 Å². The molecule has 1 aromatic rings. The van der Waals surface area contributed by atoms with Gasteiger partial charge >= 0.3 is 0 Å². The zero-order valence-electron chi connectivity index (χ0n) is 11.7. The minimum absolute atomic E-state index is 0.238. The lowest BCUT2D eigenvalue weighted by atomic mass is 9.90. The van der Waals surface area contributed by atoms with Gasteiger partial charge in [-0.1, -0.05) is 38.8 Å². The topological polar surface area (TPSA) is 26.3 Å². The Morgan fingerprint density at radius 3 is 2.11 bits per heavy atom. The van der Waals surface area contributed by atoms with Crippen LogP contribution < -0.4 is 4.74 Å². The number of methoxy groups -OCH3 is 1. The van der Waals surface area contributed by atoms with E-state index in [4.69, 9.17) is 4.74 Å². The molecule has 0 radical (unpaired) electrons. The molecule has 0 aliphatic carbocycles. The largest absolute Gasteiger partial charge is 0.497 e. The lowest BCUT2D eigenvalue weighted by Gasteiger charge is -2.14. The minimum Gasteiger partial charge on any atom is -0.497 e. The highest BCUT2D eigenvalue weighted by atomic mass is 16.5. The number of ketones is 1. The standard InChI is InChI=1S/C16H24O2/c1-4-6-14(7-5-2)16(17)12-13-8-10-15(18-3)11-9-13/h8-11,14H,4-7,12H2,1-3H3. The molecule has 1 rings (SSSR count). The van der Waals surface area contributed by atoms with Crippen LogP contribution in [0.3, 0.4) is 0 Å². The van der Waals surface area contributed by atoms with Crippen LogP contribution in [0.25, 0.3) is 0 Å².